The van der Waals surface area contributed by atoms with Gasteiger partial charge >= 0.3 is 11.9 Å². The molecule has 2 N–H and O–H groups in total. The summed E-state index contributed by atoms with van der Waals surface area (Å²) in [6.45, 7) is 13.6. The third kappa shape index (κ3) is 17.0. The number of aliphatic hydroxyl groups excluding tert-OH is 2. The van der Waals surface area contributed by atoms with E-state index in [0.29, 0.717) is 38.5 Å². The first kappa shape index (κ1) is 71.1. The highest BCUT2D eigenvalue weighted by molar-refractivity contribution is 7.19. The minimum absolute atomic E-state index is 0.0541. The number of esters is 2. The van der Waals surface area contributed by atoms with Crippen molar-refractivity contribution in [3.8, 4) is 0 Å². The van der Waals surface area contributed by atoms with Gasteiger partial charge in [-0.3, -0.25) is 19.2 Å². The van der Waals surface area contributed by atoms with E-state index in [1.54, 1.807) is 22.7 Å². The lowest BCUT2D eigenvalue weighted by Crippen LogP contribution is -2.66. The number of rotatable bonds is 26. The SMILES string of the molecule is COC(=O)CCC/C=C\C[C@H]1C(=O)C[C@@H](O)[C@@H]1/C=C/[C@@H](O[Si](c1ccccc1)(c1ccccc1)C(C)(C)C)c1cc2ccccc2s1.COC(=O)CCC/C=C\C[C@H]1[C@@H](O)CC(=O)[C@@H]1/C=C/[C@@H](O[Si](c1ccccc1)(c1ccccc1)C(C)(C)C)c1cc2ccccc2s1. The van der Waals surface area contributed by atoms with Crippen LogP contribution in [0.25, 0.3) is 20.2 Å². The molecule has 2 aliphatic rings. The second-order valence-corrected chi connectivity index (χ2v) is 37.5. The van der Waals surface area contributed by atoms with Crippen LogP contribution in [-0.4, -0.2) is 76.8 Å². The zero-order valence-electron chi connectivity index (χ0n) is 55.6. The molecule has 0 amide bonds. The number of hydrogen-bond donors (Lipinski definition) is 2. The van der Waals surface area contributed by atoms with Crippen LogP contribution in [-0.2, 0) is 37.5 Å². The minimum atomic E-state index is -2.94. The van der Waals surface area contributed by atoms with E-state index in [9.17, 15) is 29.4 Å². The molecular weight excluding hydrogens is 1240 g/mol. The normalized spacial score (nSPS) is 19.6. The molecule has 2 heterocycles. The van der Waals surface area contributed by atoms with Crippen molar-refractivity contribution in [1.82, 2.24) is 0 Å². The Kier molecular flexibility index (Phi) is 24.9. The van der Waals surface area contributed by atoms with E-state index in [0.717, 1.165) is 22.6 Å². The number of fused-ring (bicyclic) bond motifs is 2. The van der Waals surface area contributed by atoms with Crippen LogP contribution in [0.2, 0.25) is 10.1 Å². The number of aliphatic hydroxyl groups is 2. The summed E-state index contributed by atoms with van der Waals surface area (Å²) in [6, 6.07) is 63.7. The minimum Gasteiger partial charge on any atom is -0.469 e. The van der Waals surface area contributed by atoms with Gasteiger partial charge in [0.1, 0.15) is 11.6 Å². The summed E-state index contributed by atoms with van der Waals surface area (Å²) in [5, 5.41) is 28.7. The van der Waals surface area contributed by atoms with Crippen molar-refractivity contribution in [3.63, 3.8) is 0 Å². The second-order valence-electron chi connectivity index (χ2n) is 26.7. The number of thiophene rings is 2. The molecule has 10 rings (SSSR count). The summed E-state index contributed by atoms with van der Waals surface area (Å²) in [6.07, 6.45) is 19.2. The molecule has 2 fully saturated rings. The van der Waals surface area contributed by atoms with Gasteiger partial charge in [0.05, 0.1) is 38.6 Å². The number of hydrogen-bond acceptors (Lipinski definition) is 12. The molecular formula is C80H92O10S2Si2. The average Bonchev–Trinajstić information content (AvgIpc) is 0.895. The number of unbranched alkanes of at least 4 members (excludes halogenated alkanes) is 2. The van der Waals surface area contributed by atoms with Gasteiger partial charge in [-0.1, -0.05) is 248 Å². The Balaban J connectivity index is 0.000000221. The van der Waals surface area contributed by atoms with Crippen LogP contribution in [0.4, 0.5) is 0 Å². The molecule has 14 heteroatoms. The zero-order chi connectivity index (χ0) is 66.9. The Morgan fingerprint density at radius 1 is 0.511 bits per heavy atom. The van der Waals surface area contributed by atoms with Crippen LogP contribution < -0.4 is 20.7 Å². The quantitative estimate of drug-likeness (QED) is 0.0233. The first-order chi connectivity index (χ1) is 45.3. The predicted molar refractivity (Wildman–Crippen MR) is 389 cm³/mol. The lowest BCUT2D eigenvalue weighted by Gasteiger charge is -2.44. The summed E-state index contributed by atoms with van der Waals surface area (Å²) in [5.41, 5.74) is 0. The second kappa shape index (κ2) is 32.9. The fourth-order valence-electron chi connectivity index (χ4n) is 13.6. The fourth-order valence-corrected chi connectivity index (χ4v) is 25.1. The largest absolute Gasteiger partial charge is 0.469 e. The lowest BCUT2D eigenvalue weighted by atomic mass is 9.90. The van der Waals surface area contributed by atoms with Gasteiger partial charge in [-0.05, 0) is 104 Å². The Bertz CT molecular complexity index is 3740. The highest BCUT2D eigenvalue weighted by Crippen LogP contribution is 2.46. The summed E-state index contributed by atoms with van der Waals surface area (Å²) in [7, 11) is -3.07. The summed E-state index contributed by atoms with van der Waals surface area (Å²) < 4.78 is 27.1. The number of ether oxygens (including phenoxy) is 2. The van der Waals surface area contributed by atoms with E-state index in [1.807, 2.05) is 60.7 Å². The first-order valence-corrected chi connectivity index (χ1v) is 38.5. The van der Waals surface area contributed by atoms with E-state index < -0.39 is 47.0 Å². The molecule has 0 unspecified atom stereocenters. The molecule has 0 radical (unpaired) electrons. The lowest BCUT2D eigenvalue weighted by molar-refractivity contribution is -0.141. The van der Waals surface area contributed by atoms with Crippen LogP contribution in [0.3, 0.4) is 0 Å². The number of benzene rings is 6. The van der Waals surface area contributed by atoms with Crippen molar-refractivity contribution in [2.75, 3.05) is 14.2 Å². The summed E-state index contributed by atoms with van der Waals surface area (Å²) >= 11 is 3.45. The van der Waals surface area contributed by atoms with Crippen LogP contribution in [0, 0.1) is 23.7 Å². The van der Waals surface area contributed by atoms with Gasteiger partial charge in [0.25, 0.3) is 16.6 Å². The van der Waals surface area contributed by atoms with Crippen molar-refractivity contribution < 1.29 is 47.7 Å². The number of allylic oxidation sites excluding steroid dienone is 5. The molecule has 2 aliphatic carbocycles. The maximum absolute atomic E-state index is 13.3. The highest BCUT2D eigenvalue weighted by atomic mass is 32.1. The number of carbonyl (C=O) groups excluding carboxylic acids is 4. The maximum atomic E-state index is 13.3. The third-order valence-corrected chi connectivity index (χ3v) is 30.8. The molecule has 8 atom stereocenters. The smallest absolute Gasteiger partial charge is 0.305 e. The van der Waals surface area contributed by atoms with Gasteiger partial charge in [0.2, 0.25) is 0 Å². The molecule has 2 saturated carbocycles. The summed E-state index contributed by atoms with van der Waals surface area (Å²) in [5.74, 6) is -1.55. The topological polar surface area (TPSA) is 146 Å². The molecule has 0 saturated heterocycles. The number of carbonyl (C=O) groups is 4. The monoisotopic (exact) mass is 1330 g/mol. The molecule has 8 aromatic rings. The fraction of sp³-hybridized carbons (Fsp3) is 0.350. The average molecular weight is 1330 g/mol. The van der Waals surface area contributed by atoms with Gasteiger partial charge < -0.3 is 28.5 Å². The van der Waals surface area contributed by atoms with Crippen LogP contribution >= 0.6 is 22.7 Å². The molecule has 492 valence electrons. The predicted octanol–water partition coefficient (Wildman–Crippen LogP) is 15.9. The Labute approximate surface area is 566 Å². The van der Waals surface area contributed by atoms with Crippen molar-refractivity contribution in [2.24, 2.45) is 23.7 Å². The molecule has 0 spiro atoms. The molecule has 2 aromatic heterocycles. The third-order valence-electron chi connectivity index (χ3n) is 18.5. The van der Waals surface area contributed by atoms with Gasteiger partial charge in [0.15, 0.2) is 0 Å². The Morgan fingerprint density at radius 2 is 0.894 bits per heavy atom. The standard InChI is InChI=1S/2C40H46O5SSi/c2*1-40(2,3)47(30-18-9-7-10-19-30,31-20-11-8-12-21-31)45-36(38-27-29-17-15-16-23-37(29)46-38)26-25-33-32(34(41)28-35(33)42)22-13-5-6-14-24-39(43)44-4/h5,7-13,15-21,23,25-27,32-33,35-36,42H,6,14,22,24,28H2,1-4H3;5,7-13,15-21,23,25-27,32-34,36,41H,6,14,22,24,28H2,1-4H3/b2*13-5-,26-25+/t32-,33-,35-,36-;32-,33-,34+,36-/m11/s1. The first-order valence-electron chi connectivity index (χ1n) is 33.0. The van der Waals surface area contributed by atoms with E-state index >= 15 is 0 Å². The molecule has 94 heavy (non-hydrogen) atoms. The van der Waals surface area contributed by atoms with E-state index in [1.165, 1.54) is 55.1 Å². The van der Waals surface area contributed by atoms with Gasteiger partial charge in [0, 0.05) is 68.5 Å². The molecule has 6 aromatic carbocycles. The molecule has 0 bridgehead atoms. The van der Waals surface area contributed by atoms with Gasteiger partial charge in [-0.2, -0.15) is 0 Å². The van der Waals surface area contributed by atoms with E-state index in [4.69, 9.17) is 18.3 Å². The zero-order valence-corrected chi connectivity index (χ0v) is 59.2. The van der Waals surface area contributed by atoms with Gasteiger partial charge in [-0.15, -0.1) is 22.7 Å². The van der Waals surface area contributed by atoms with E-state index in [2.05, 4.69) is 211 Å². The van der Waals surface area contributed by atoms with E-state index in [-0.39, 0.29) is 64.2 Å². The molecule has 10 nitrogen and oxygen atoms in total. The Hall–Kier alpha value is -7.25. The van der Waals surface area contributed by atoms with Crippen LogP contribution in [0.5, 0.6) is 0 Å². The van der Waals surface area contributed by atoms with Crippen LogP contribution in [0.15, 0.2) is 231 Å². The number of methoxy groups -OCH3 is 2. The van der Waals surface area contributed by atoms with Crippen molar-refractivity contribution in [3.05, 3.63) is 240 Å². The van der Waals surface area contributed by atoms with Crippen molar-refractivity contribution in [1.29, 1.82) is 0 Å². The van der Waals surface area contributed by atoms with Crippen molar-refractivity contribution in [2.45, 2.75) is 140 Å². The van der Waals surface area contributed by atoms with Crippen molar-refractivity contribution >= 4 is 104 Å². The van der Waals surface area contributed by atoms with Crippen LogP contribution in [0.1, 0.15) is 128 Å². The highest BCUT2D eigenvalue weighted by Gasteiger charge is 2.53. The Morgan fingerprint density at radius 3 is 1.30 bits per heavy atom. The molecule has 0 aliphatic heterocycles. The van der Waals surface area contributed by atoms with Gasteiger partial charge in [-0.25, -0.2) is 0 Å². The number of Topliss-reactive ketones (excluding diaryl/α,β-unsaturated/α-hetero) is 2. The number of ketones is 2. The maximum Gasteiger partial charge on any atom is 0.305 e. The summed E-state index contributed by atoms with van der Waals surface area (Å²) in [4.78, 5) is 51.4.